The van der Waals surface area contributed by atoms with Crippen LogP contribution in [0.25, 0.3) is 0 Å². The molecular weight excluding hydrogens is 190 g/mol. The van der Waals surface area contributed by atoms with Gasteiger partial charge in [0.2, 0.25) is 0 Å². The van der Waals surface area contributed by atoms with Crippen LogP contribution >= 0.6 is 11.8 Å². The number of H-pyrrole nitrogens is 1. The average Bonchev–Trinajstić information content (AvgIpc) is 2.55. The first-order valence-electron chi connectivity index (χ1n) is 3.99. The van der Waals surface area contributed by atoms with E-state index in [1.54, 1.807) is 11.8 Å². The van der Waals surface area contributed by atoms with Gasteiger partial charge in [0.05, 0.1) is 0 Å². The van der Waals surface area contributed by atoms with Crippen LogP contribution in [-0.4, -0.2) is 32.0 Å². The predicted molar refractivity (Wildman–Crippen MR) is 48.6 cm³/mol. The summed E-state index contributed by atoms with van der Waals surface area (Å²) in [6.45, 7) is 0. The average molecular weight is 201 g/mol. The van der Waals surface area contributed by atoms with Crippen molar-refractivity contribution in [3.63, 3.8) is 0 Å². The van der Waals surface area contributed by atoms with Gasteiger partial charge in [-0.15, -0.1) is 0 Å². The molecule has 0 amide bonds. The molecule has 13 heavy (non-hydrogen) atoms. The maximum absolute atomic E-state index is 10.2. The molecule has 0 bridgehead atoms. The number of aliphatic carboxylic acids is 1. The lowest BCUT2D eigenvalue weighted by Crippen LogP contribution is -1.94. The summed E-state index contributed by atoms with van der Waals surface area (Å²) in [6, 6.07) is 0. The standard InChI is InChI=1S/C7H11N3O2S/c11-6(12)3-1-2-4-13-7-8-5-9-10-7/h5H,1-4H2,(H,11,12)(H,8,9,10). The van der Waals surface area contributed by atoms with Crippen molar-refractivity contribution in [1.82, 2.24) is 15.2 Å². The van der Waals surface area contributed by atoms with Crippen LogP contribution in [0.1, 0.15) is 19.3 Å². The first-order valence-corrected chi connectivity index (χ1v) is 4.97. The second-order valence-corrected chi connectivity index (χ2v) is 3.57. The number of aromatic nitrogens is 3. The molecule has 1 aromatic heterocycles. The Hall–Kier alpha value is -1.04. The van der Waals surface area contributed by atoms with Crippen molar-refractivity contribution in [1.29, 1.82) is 0 Å². The van der Waals surface area contributed by atoms with E-state index in [2.05, 4.69) is 15.2 Å². The maximum atomic E-state index is 10.2. The van der Waals surface area contributed by atoms with Crippen LogP contribution < -0.4 is 0 Å². The fourth-order valence-electron chi connectivity index (χ4n) is 0.811. The maximum Gasteiger partial charge on any atom is 0.303 e. The molecule has 0 radical (unpaired) electrons. The number of aromatic amines is 1. The number of nitrogens with one attached hydrogen (secondary N) is 1. The molecule has 0 fully saturated rings. The molecule has 72 valence electrons. The van der Waals surface area contributed by atoms with Gasteiger partial charge in [-0.05, 0) is 12.8 Å². The van der Waals surface area contributed by atoms with E-state index in [4.69, 9.17) is 5.11 Å². The van der Waals surface area contributed by atoms with Gasteiger partial charge in [-0.2, -0.15) is 5.10 Å². The fourth-order valence-corrected chi connectivity index (χ4v) is 1.59. The van der Waals surface area contributed by atoms with E-state index >= 15 is 0 Å². The number of hydrogen-bond donors (Lipinski definition) is 2. The molecule has 1 aromatic rings. The van der Waals surface area contributed by atoms with Crippen LogP contribution in [0.5, 0.6) is 0 Å². The molecule has 0 saturated carbocycles. The lowest BCUT2D eigenvalue weighted by atomic mass is 10.3. The van der Waals surface area contributed by atoms with Gasteiger partial charge in [0.25, 0.3) is 0 Å². The summed E-state index contributed by atoms with van der Waals surface area (Å²) in [7, 11) is 0. The zero-order valence-corrected chi connectivity index (χ0v) is 7.88. The second-order valence-electron chi connectivity index (χ2n) is 2.49. The molecule has 0 aromatic carbocycles. The molecule has 0 unspecified atom stereocenters. The second kappa shape index (κ2) is 5.58. The van der Waals surface area contributed by atoms with E-state index in [0.29, 0.717) is 0 Å². The Kier molecular flexibility index (Phi) is 4.31. The van der Waals surface area contributed by atoms with Crippen LogP contribution in [0.3, 0.4) is 0 Å². The smallest absolute Gasteiger partial charge is 0.303 e. The van der Waals surface area contributed by atoms with Gasteiger partial charge in [-0.3, -0.25) is 9.89 Å². The van der Waals surface area contributed by atoms with Crippen molar-refractivity contribution in [2.75, 3.05) is 5.75 Å². The van der Waals surface area contributed by atoms with Crippen LogP contribution in [0.15, 0.2) is 11.5 Å². The summed E-state index contributed by atoms with van der Waals surface area (Å²) in [6.07, 6.45) is 3.31. The summed E-state index contributed by atoms with van der Waals surface area (Å²) in [5.74, 6) is 0.146. The Morgan fingerprint density at radius 3 is 3.08 bits per heavy atom. The van der Waals surface area contributed by atoms with Gasteiger partial charge in [0.15, 0.2) is 5.16 Å². The van der Waals surface area contributed by atoms with Gasteiger partial charge < -0.3 is 5.11 Å². The Morgan fingerprint density at radius 1 is 1.62 bits per heavy atom. The summed E-state index contributed by atoms with van der Waals surface area (Å²) in [4.78, 5) is 14.1. The summed E-state index contributed by atoms with van der Waals surface area (Å²) >= 11 is 1.56. The lowest BCUT2D eigenvalue weighted by Gasteiger charge is -1.95. The number of nitrogens with zero attached hydrogens (tertiary/aromatic N) is 2. The first-order chi connectivity index (χ1) is 6.29. The zero-order chi connectivity index (χ0) is 9.52. The van der Waals surface area contributed by atoms with Crippen molar-refractivity contribution in [3.05, 3.63) is 6.33 Å². The van der Waals surface area contributed by atoms with E-state index in [-0.39, 0.29) is 6.42 Å². The van der Waals surface area contributed by atoms with Crippen molar-refractivity contribution in [3.8, 4) is 0 Å². The minimum atomic E-state index is -0.732. The van der Waals surface area contributed by atoms with Crippen molar-refractivity contribution in [2.45, 2.75) is 24.4 Å². The molecule has 0 aliphatic carbocycles. The Balaban J connectivity index is 1.99. The molecule has 0 saturated heterocycles. The molecule has 1 rings (SSSR count). The summed E-state index contributed by atoms with van der Waals surface area (Å²) in [5, 5.41) is 15.6. The van der Waals surface area contributed by atoms with E-state index in [1.165, 1.54) is 6.33 Å². The summed E-state index contributed by atoms with van der Waals surface area (Å²) < 4.78 is 0. The molecule has 2 N–H and O–H groups in total. The van der Waals surface area contributed by atoms with Crippen LogP contribution in [0.2, 0.25) is 0 Å². The topological polar surface area (TPSA) is 78.9 Å². The number of thioether (sulfide) groups is 1. The van der Waals surface area contributed by atoms with Gasteiger partial charge in [-0.1, -0.05) is 11.8 Å². The molecule has 6 heteroatoms. The van der Waals surface area contributed by atoms with Crippen molar-refractivity contribution < 1.29 is 9.90 Å². The SMILES string of the molecule is O=C(O)CCCCSc1ncn[nH]1. The van der Waals surface area contributed by atoms with Crippen LogP contribution in [-0.2, 0) is 4.79 Å². The highest BCUT2D eigenvalue weighted by Gasteiger charge is 1.98. The lowest BCUT2D eigenvalue weighted by molar-refractivity contribution is -0.137. The van der Waals surface area contributed by atoms with Crippen molar-refractivity contribution >= 4 is 17.7 Å². The van der Waals surface area contributed by atoms with Crippen molar-refractivity contribution in [2.24, 2.45) is 0 Å². The quantitative estimate of drug-likeness (QED) is 0.533. The van der Waals surface area contributed by atoms with E-state index in [9.17, 15) is 4.79 Å². The predicted octanol–water partition coefficient (Wildman–Crippen LogP) is 1.15. The Bertz CT molecular complexity index is 250. The minimum absolute atomic E-state index is 0.247. The van der Waals surface area contributed by atoms with Crippen LogP contribution in [0, 0.1) is 0 Å². The molecule has 0 spiro atoms. The third-order valence-corrected chi connectivity index (χ3v) is 2.38. The normalized spacial score (nSPS) is 10.2. The highest BCUT2D eigenvalue weighted by Crippen LogP contribution is 2.13. The number of rotatable bonds is 6. The Morgan fingerprint density at radius 2 is 2.46 bits per heavy atom. The van der Waals surface area contributed by atoms with Gasteiger partial charge in [-0.25, -0.2) is 4.98 Å². The monoisotopic (exact) mass is 201 g/mol. The third-order valence-electron chi connectivity index (χ3n) is 1.42. The minimum Gasteiger partial charge on any atom is -0.481 e. The van der Waals surface area contributed by atoms with Gasteiger partial charge in [0, 0.05) is 12.2 Å². The number of unbranched alkanes of at least 4 members (excludes halogenated alkanes) is 1. The largest absolute Gasteiger partial charge is 0.481 e. The molecule has 5 nitrogen and oxygen atoms in total. The zero-order valence-electron chi connectivity index (χ0n) is 7.06. The van der Waals surface area contributed by atoms with E-state index in [1.807, 2.05) is 0 Å². The molecule has 0 atom stereocenters. The first kappa shape index (κ1) is 10.0. The fraction of sp³-hybridized carbons (Fsp3) is 0.571. The molecular formula is C7H11N3O2S. The summed E-state index contributed by atoms with van der Waals surface area (Å²) in [5.41, 5.74) is 0. The van der Waals surface area contributed by atoms with Gasteiger partial charge in [0.1, 0.15) is 6.33 Å². The number of carbonyl (C=O) groups is 1. The van der Waals surface area contributed by atoms with E-state index < -0.39 is 5.97 Å². The van der Waals surface area contributed by atoms with Crippen LogP contribution in [0.4, 0.5) is 0 Å². The van der Waals surface area contributed by atoms with Gasteiger partial charge >= 0.3 is 5.97 Å². The third kappa shape index (κ3) is 4.51. The number of hydrogen-bond acceptors (Lipinski definition) is 4. The molecule has 0 aliphatic heterocycles. The van der Waals surface area contributed by atoms with E-state index in [0.717, 1.165) is 23.8 Å². The highest BCUT2D eigenvalue weighted by atomic mass is 32.2. The number of carboxylic acids is 1. The highest BCUT2D eigenvalue weighted by molar-refractivity contribution is 7.99. The Labute approximate surface area is 80.0 Å². The molecule has 0 aliphatic rings. The number of carboxylic acid groups (broad SMARTS) is 1. The molecule has 1 heterocycles.